The van der Waals surface area contributed by atoms with Gasteiger partial charge >= 0.3 is 0 Å². The minimum Gasteiger partial charge on any atom is -0.302 e. The molecule has 0 saturated carbocycles. The summed E-state index contributed by atoms with van der Waals surface area (Å²) >= 11 is 17.3. The number of halogens is 3. The smallest absolute Gasteiger partial charge is 0.191 e. The second-order valence-corrected chi connectivity index (χ2v) is 7.78. The van der Waals surface area contributed by atoms with Crippen molar-refractivity contribution in [2.75, 3.05) is 0 Å². The average Bonchev–Trinajstić information content (AvgIpc) is 2.97. The Kier molecular flexibility index (Phi) is 5.87. The summed E-state index contributed by atoms with van der Waals surface area (Å²) in [5, 5.41) is 10.9. The van der Waals surface area contributed by atoms with Crippen molar-refractivity contribution >= 4 is 50.9 Å². The third-order valence-corrected chi connectivity index (χ3v) is 5.64. The molecule has 0 spiro atoms. The molecule has 1 aromatic heterocycles. The SMILES string of the molecule is CCn1c(SCc2ccc(Cl)cc2Cl)nnc1-c1ccc(Br)cc1. The number of benzene rings is 2. The molecule has 0 aliphatic carbocycles. The summed E-state index contributed by atoms with van der Waals surface area (Å²) in [6.07, 6.45) is 0. The van der Waals surface area contributed by atoms with Crippen LogP contribution in [0.15, 0.2) is 52.1 Å². The van der Waals surface area contributed by atoms with Gasteiger partial charge in [-0.05, 0) is 36.8 Å². The van der Waals surface area contributed by atoms with E-state index in [-0.39, 0.29) is 0 Å². The van der Waals surface area contributed by atoms with Gasteiger partial charge in [-0.1, -0.05) is 69.1 Å². The van der Waals surface area contributed by atoms with Crippen molar-refractivity contribution in [3.63, 3.8) is 0 Å². The Balaban J connectivity index is 1.83. The normalized spacial score (nSPS) is 11.0. The van der Waals surface area contributed by atoms with E-state index in [0.717, 1.165) is 33.1 Å². The Morgan fingerprint density at radius 2 is 1.83 bits per heavy atom. The Hall–Kier alpha value is -1.01. The van der Waals surface area contributed by atoms with Crippen molar-refractivity contribution in [2.24, 2.45) is 0 Å². The third kappa shape index (κ3) is 3.97. The molecule has 0 amide bonds. The van der Waals surface area contributed by atoms with Crippen LogP contribution >= 0.6 is 50.9 Å². The highest BCUT2D eigenvalue weighted by Gasteiger charge is 2.14. The van der Waals surface area contributed by atoms with Crippen LogP contribution in [-0.4, -0.2) is 14.8 Å². The summed E-state index contributed by atoms with van der Waals surface area (Å²) < 4.78 is 3.15. The summed E-state index contributed by atoms with van der Waals surface area (Å²) in [7, 11) is 0. The first-order valence-corrected chi connectivity index (χ1v) is 9.87. The molecular weight excluding hydrogens is 429 g/mol. The fourth-order valence-electron chi connectivity index (χ4n) is 2.27. The summed E-state index contributed by atoms with van der Waals surface area (Å²) in [4.78, 5) is 0. The van der Waals surface area contributed by atoms with Crippen molar-refractivity contribution in [2.45, 2.75) is 24.4 Å². The molecule has 24 heavy (non-hydrogen) atoms. The number of hydrogen-bond acceptors (Lipinski definition) is 3. The molecule has 3 aromatic rings. The van der Waals surface area contributed by atoms with E-state index in [2.05, 4.69) is 37.6 Å². The predicted molar refractivity (Wildman–Crippen MR) is 105 cm³/mol. The van der Waals surface area contributed by atoms with Gasteiger partial charge < -0.3 is 4.57 Å². The van der Waals surface area contributed by atoms with Crippen LogP contribution in [0.1, 0.15) is 12.5 Å². The molecule has 0 aliphatic heterocycles. The summed E-state index contributed by atoms with van der Waals surface area (Å²) in [5.41, 5.74) is 2.07. The van der Waals surface area contributed by atoms with E-state index in [1.54, 1.807) is 17.8 Å². The van der Waals surface area contributed by atoms with Gasteiger partial charge in [-0.2, -0.15) is 0 Å². The summed E-state index contributed by atoms with van der Waals surface area (Å²) in [6.45, 7) is 2.89. The van der Waals surface area contributed by atoms with Crippen LogP contribution in [0.4, 0.5) is 0 Å². The van der Waals surface area contributed by atoms with Gasteiger partial charge in [0.25, 0.3) is 0 Å². The molecule has 1 heterocycles. The number of nitrogens with zero attached hydrogens (tertiary/aromatic N) is 3. The Bertz CT molecular complexity index is 850. The molecule has 0 atom stereocenters. The number of thioether (sulfide) groups is 1. The first-order valence-electron chi connectivity index (χ1n) is 7.34. The van der Waals surface area contributed by atoms with Crippen molar-refractivity contribution in [1.29, 1.82) is 0 Å². The van der Waals surface area contributed by atoms with E-state index >= 15 is 0 Å². The first kappa shape index (κ1) is 17.8. The molecule has 0 aliphatic rings. The highest BCUT2D eigenvalue weighted by molar-refractivity contribution is 9.10. The quantitative estimate of drug-likeness (QED) is 0.432. The van der Waals surface area contributed by atoms with Gasteiger partial charge in [0.05, 0.1) is 0 Å². The molecule has 0 unspecified atom stereocenters. The highest BCUT2D eigenvalue weighted by atomic mass is 79.9. The molecule has 0 fully saturated rings. The predicted octanol–water partition coefficient (Wildman–Crippen LogP) is 6.33. The topological polar surface area (TPSA) is 30.7 Å². The monoisotopic (exact) mass is 441 g/mol. The van der Waals surface area contributed by atoms with E-state index in [0.29, 0.717) is 15.8 Å². The minimum atomic E-state index is 0.642. The van der Waals surface area contributed by atoms with Gasteiger partial charge in [0.15, 0.2) is 11.0 Å². The van der Waals surface area contributed by atoms with Crippen LogP contribution in [0.25, 0.3) is 11.4 Å². The van der Waals surface area contributed by atoms with Crippen LogP contribution in [-0.2, 0) is 12.3 Å². The van der Waals surface area contributed by atoms with Gasteiger partial charge in [-0.3, -0.25) is 0 Å². The maximum atomic E-state index is 6.24. The van der Waals surface area contributed by atoms with Gasteiger partial charge in [0.1, 0.15) is 0 Å². The van der Waals surface area contributed by atoms with Crippen molar-refractivity contribution < 1.29 is 0 Å². The van der Waals surface area contributed by atoms with E-state index < -0.39 is 0 Å². The zero-order chi connectivity index (χ0) is 17.1. The number of rotatable bonds is 5. The lowest BCUT2D eigenvalue weighted by molar-refractivity contribution is 0.687. The van der Waals surface area contributed by atoms with Crippen molar-refractivity contribution in [3.8, 4) is 11.4 Å². The van der Waals surface area contributed by atoms with Crippen molar-refractivity contribution in [1.82, 2.24) is 14.8 Å². The lowest BCUT2D eigenvalue weighted by atomic mass is 10.2. The lowest BCUT2D eigenvalue weighted by Crippen LogP contribution is -2.00. The maximum Gasteiger partial charge on any atom is 0.191 e. The third-order valence-electron chi connectivity index (χ3n) is 3.51. The fourth-order valence-corrected chi connectivity index (χ4v) is 4.10. The van der Waals surface area contributed by atoms with Crippen LogP contribution in [0.5, 0.6) is 0 Å². The zero-order valence-corrected chi connectivity index (χ0v) is 16.8. The fraction of sp³-hybridized carbons (Fsp3) is 0.176. The average molecular weight is 443 g/mol. The molecule has 7 heteroatoms. The van der Waals surface area contributed by atoms with Crippen LogP contribution < -0.4 is 0 Å². The molecule has 0 bridgehead atoms. The Morgan fingerprint density at radius 3 is 2.50 bits per heavy atom. The van der Waals surface area contributed by atoms with E-state index in [4.69, 9.17) is 23.2 Å². The zero-order valence-electron chi connectivity index (χ0n) is 12.8. The first-order chi connectivity index (χ1) is 11.6. The molecule has 0 N–H and O–H groups in total. The van der Waals surface area contributed by atoms with Crippen LogP contribution in [0.3, 0.4) is 0 Å². The standard InChI is InChI=1S/C17H14BrCl2N3S/c1-2-23-16(11-3-6-13(18)7-4-11)21-22-17(23)24-10-12-5-8-14(19)9-15(12)20/h3-9H,2,10H2,1H3. The van der Waals surface area contributed by atoms with Crippen LogP contribution in [0.2, 0.25) is 10.0 Å². The van der Waals surface area contributed by atoms with Gasteiger partial charge in [0.2, 0.25) is 0 Å². The molecule has 0 saturated heterocycles. The number of aromatic nitrogens is 3. The minimum absolute atomic E-state index is 0.642. The van der Waals surface area contributed by atoms with E-state index in [9.17, 15) is 0 Å². The molecule has 2 aromatic carbocycles. The summed E-state index contributed by atoms with van der Waals surface area (Å²) in [6, 6.07) is 13.6. The van der Waals surface area contributed by atoms with Crippen LogP contribution in [0, 0.1) is 0 Å². The largest absolute Gasteiger partial charge is 0.302 e. The molecular formula is C17H14BrCl2N3S. The van der Waals surface area contributed by atoms with Gasteiger partial charge in [-0.25, -0.2) is 0 Å². The molecule has 3 rings (SSSR count). The van der Waals surface area contributed by atoms with E-state index in [1.165, 1.54) is 0 Å². The maximum absolute atomic E-state index is 6.24. The molecule has 124 valence electrons. The Morgan fingerprint density at radius 1 is 1.08 bits per heavy atom. The Labute approximate surface area is 163 Å². The van der Waals surface area contributed by atoms with Gasteiger partial charge in [-0.15, -0.1) is 10.2 Å². The second kappa shape index (κ2) is 7.91. The van der Waals surface area contributed by atoms with Gasteiger partial charge in [0, 0.05) is 32.4 Å². The lowest BCUT2D eigenvalue weighted by Gasteiger charge is -2.08. The van der Waals surface area contributed by atoms with E-state index in [1.807, 2.05) is 36.4 Å². The molecule has 3 nitrogen and oxygen atoms in total. The second-order valence-electron chi connectivity index (χ2n) is 5.08. The molecule has 0 radical (unpaired) electrons. The summed E-state index contributed by atoms with van der Waals surface area (Å²) in [5.74, 6) is 1.59. The van der Waals surface area contributed by atoms with Crippen molar-refractivity contribution in [3.05, 3.63) is 62.5 Å². The highest BCUT2D eigenvalue weighted by Crippen LogP contribution is 2.30. The number of hydrogen-bond donors (Lipinski definition) is 0.